The van der Waals surface area contributed by atoms with Gasteiger partial charge in [0.2, 0.25) is 0 Å². The van der Waals surface area contributed by atoms with Gasteiger partial charge >= 0.3 is 5.97 Å². The minimum atomic E-state index is -0.730. The van der Waals surface area contributed by atoms with Gasteiger partial charge in [0.15, 0.2) is 0 Å². The highest BCUT2D eigenvalue weighted by molar-refractivity contribution is 7.19. The molecule has 1 aliphatic rings. The van der Waals surface area contributed by atoms with Gasteiger partial charge in [0.25, 0.3) is 0 Å². The van der Waals surface area contributed by atoms with Crippen molar-refractivity contribution >= 4 is 27.4 Å². The van der Waals surface area contributed by atoms with Gasteiger partial charge in [-0.2, -0.15) is 0 Å². The predicted molar refractivity (Wildman–Crippen MR) is 113 cm³/mol. The first kappa shape index (κ1) is 19.0. The minimum Gasteiger partial charge on any atom is -0.494 e. The predicted octanol–water partition coefficient (Wildman–Crippen LogP) is 5.33. The Morgan fingerprint density at radius 1 is 1.21 bits per heavy atom. The lowest BCUT2D eigenvalue weighted by molar-refractivity contribution is -0.145. The van der Waals surface area contributed by atoms with Gasteiger partial charge in [0.1, 0.15) is 11.8 Å². The molecule has 1 N–H and O–H groups in total. The number of benzene rings is 2. The second-order valence-electron chi connectivity index (χ2n) is 7.18. The van der Waals surface area contributed by atoms with E-state index >= 15 is 0 Å². The molecular weight excluding hydrogens is 370 g/mol. The fourth-order valence-electron chi connectivity index (χ4n) is 4.13. The van der Waals surface area contributed by atoms with E-state index < -0.39 is 12.0 Å². The third kappa shape index (κ3) is 3.77. The number of hydrogen-bond donors (Lipinski definition) is 1. The highest BCUT2D eigenvalue weighted by Gasteiger charge is 2.36. The zero-order valence-corrected chi connectivity index (χ0v) is 16.8. The number of carbonyl (C=O) groups is 1. The van der Waals surface area contributed by atoms with Crippen LogP contribution >= 0.6 is 11.3 Å². The van der Waals surface area contributed by atoms with Gasteiger partial charge in [0, 0.05) is 9.58 Å². The van der Waals surface area contributed by atoms with E-state index in [1.165, 1.54) is 15.0 Å². The molecular formula is C23H25NO3S. The summed E-state index contributed by atoms with van der Waals surface area (Å²) in [4.78, 5) is 15.4. The maximum Gasteiger partial charge on any atom is 0.320 e. The van der Waals surface area contributed by atoms with Crippen molar-refractivity contribution in [2.75, 3.05) is 13.2 Å². The number of thiophene rings is 1. The van der Waals surface area contributed by atoms with E-state index in [1.54, 1.807) is 11.3 Å². The van der Waals surface area contributed by atoms with Crippen molar-refractivity contribution in [3.63, 3.8) is 0 Å². The smallest absolute Gasteiger partial charge is 0.320 e. The molecule has 0 spiro atoms. The van der Waals surface area contributed by atoms with E-state index in [0.29, 0.717) is 13.0 Å². The van der Waals surface area contributed by atoms with Crippen LogP contribution in [0.25, 0.3) is 10.1 Å². The SMILES string of the molecule is CCOc1cccc(C(c2cc3ccccc3s2)N2CCCCC2C(=O)O)c1. The number of nitrogens with zero attached hydrogens (tertiary/aromatic N) is 1. The lowest BCUT2D eigenvalue weighted by atomic mass is 9.95. The van der Waals surface area contributed by atoms with Crippen molar-refractivity contribution < 1.29 is 14.6 Å². The molecule has 2 heterocycles. The molecule has 5 heteroatoms. The topological polar surface area (TPSA) is 49.8 Å². The summed E-state index contributed by atoms with van der Waals surface area (Å²) in [6, 6.07) is 18.1. The van der Waals surface area contributed by atoms with E-state index in [2.05, 4.69) is 35.2 Å². The first-order chi connectivity index (χ1) is 13.7. The van der Waals surface area contributed by atoms with Crippen molar-refractivity contribution in [1.82, 2.24) is 4.90 Å². The number of piperidine rings is 1. The third-order valence-electron chi connectivity index (χ3n) is 5.36. The summed E-state index contributed by atoms with van der Waals surface area (Å²) >= 11 is 1.75. The number of fused-ring (bicyclic) bond motifs is 1. The Morgan fingerprint density at radius 2 is 2.07 bits per heavy atom. The van der Waals surface area contributed by atoms with Gasteiger partial charge in [-0.3, -0.25) is 9.69 Å². The van der Waals surface area contributed by atoms with Gasteiger partial charge in [-0.05, 0) is 61.5 Å². The average molecular weight is 396 g/mol. The maximum absolute atomic E-state index is 12.0. The number of rotatable bonds is 6. The van der Waals surface area contributed by atoms with Crippen LogP contribution in [-0.4, -0.2) is 35.2 Å². The van der Waals surface area contributed by atoms with Gasteiger partial charge < -0.3 is 9.84 Å². The molecule has 0 amide bonds. The Morgan fingerprint density at radius 3 is 2.86 bits per heavy atom. The molecule has 4 rings (SSSR count). The minimum absolute atomic E-state index is 0.0841. The molecule has 1 fully saturated rings. The molecule has 146 valence electrons. The Balaban J connectivity index is 1.82. The van der Waals surface area contributed by atoms with Crippen molar-refractivity contribution in [2.45, 2.75) is 38.3 Å². The number of hydrogen-bond acceptors (Lipinski definition) is 4. The Hall–Kier alpha value is -2.37. The fourth-order valence-corrected chi connectivity index (χ4v) is 5.34. The molecule has 0 bridgehead atoms. The number of ether oxygens (including phenoxy) is 1. The summed E-state index contributed by atoms with van der Waals surface area (Å²) in [5.74, 6) is 0.0989. The van der Waals surface area contributed by atoms with Gasteiger partial charge in [-0.1, -0.05) is 36.8 Å². The van der Waals surface area contributed by atoms with E-state index in [4.69, 9.17) is 4.74 Å². The van der Waals surface area contributed by atoms with E-state index in [-0.39, 0.29) is 6.04 Å². The molecule has 1 saturated heterocycles. The lowest BCUT2D eigenvalue weighted by Crippen LogP contribution is -2.46. The first-order valence-electron chi connectivity index (χ1n) is 9.87. The van der Waals surface area contributed by atoms with E-state index in [9.17, 15) is 9.90 Å². The molecule has 1 aliphatic heterocycles. The number of likely N-dealkylation sites (tertiary alicyclic amines) is 1. The molecule has 0 aliphatic carbocycles. The summed E-state index contributed by atoms with van der Waals surface area (Å²) in [7, 11) is 0. The Labute approximate surface area is 169 Å². The standard InChI is InChI=1S/C23H25NO3S/c1-2-27-18-10-7-9-17(14-18)22(24-13-6-5-11-19(24)23(25)26)21-15-16-8-3-4-12-20(16)28-21/h3-4,7-10,12,14-15,19,22H,2,5-6,11,13H2,1H3,(H,25,26). The zero-order chi connectivity index (χ0) is 19.5. The summed E-state index contributed by atoms with van der Waals surface area (Å²) < 4.78 is 6.95. The first-order valence-corrected chi connectivity index (χ1v) is 10.7. The molecule has 4 nitrogen and oxygen atoms in total. The zero-order valence-electron chi connectivity index (χ0n) is 16.0. The van der Waals surface area contributed by atoms with Crippen LogP contribution in [0.5, 0.6) is 5.75 Å². The van der Waals surface area contributed by atoms with E-state index in [1.807, 2.05) is 31.2 Å². The molecule has 2 unspecified atom stereocenters. The monoisotopic (exact) mass is 395 g/mol. The summed E-state index contributed by atoms with van der Waals surface area (Å²) in [6.45, 7) is 3.37. The maximum atomic E-state index is 12.0. The Kier molecular flexibility index (Phi) is 5.64. The van der Waals surface area contributed by atoms with Gasteiger partial charge in [-0.25, -0.2) is 0 Å². The third-order valence-corrected chi connectivity index (χ3v) is 6.53. The van der Waals surface area contributed by atoms with Crippen molar-refractivity contribution in [2.24, 2.45) is 0 Å². The summed E-state index contributed by atoms with van der Waals surface area (Å²) in [5.41, 5.74) is 1.09. The van der Waals surface area contributed by atoms with Crippen molar-refractivity contribution in [3.8, 4) is 5.75 Å². The van der Waals surface area contributed by atoms with Crippen LogP contribution in [-0.2, 0) is 4.79 Å². The molecule has 1 aromatic heterocycles. The number of carboxylic acid groups (broad SMARTS) is 1. The Bertz CT molecular complexity index is 934. The second kappa shape index (κ2) is 8.33. The van der Waals surface area contributed by atoms with Crippen LogP contribution in [0.2, 0.25) is 0 Å². The van der Waals surface area contributed by atoms with Crippen LogP contribution in [0.4, 0.5) is 0 Å². The summed E-state index contributed by atoms with van der Waals surface area (Å²) in [6.07, 6.45) is 2.68. The van der Waals surface area contributed by atoms with Crippen LogP contribution in [0.3, 0.4) is 0 Å². The number of carboxylic acids is 1. The molecule has 2 atom stereocenters. The second-order valence-corrected chi connectivity index (χ2v) is 8.30. The lowest BCUT2D eigenvalue weighted by Gasteiger charge is -2.39. The number of aliphatic carboxylic acids is 1. The van der Waals surface area contributed by atoms with Gasteiger partial charge in [-0.15, -0.1) is 11.3 Å². The van der Waals surface area contributed by atoms with Gasteiger partial charge in [0.05, 0.1) is 12.6 Å². The quantitative estimate of drug-likeness (QED) is 0.613. The molecule has 0 saturated carbocycles. The highest BCUT2D eigenvalue weighted by atomic mass is 32.1. The molecule has 2 aromatic carbocycles. The van der Waals surface area contributed by atoms with Crippen LogP contribution in [0.15, 0.2) is 54.6 Å². The van der Waals surface area contributed by atoms with Crippen molar-refractivity contribution in [3.05, 3.63) is 65.0 Å². The summed E-state index contributed by atoms with van der Waals surface area (Å²) in [5, 5.41) is 11.1. The average Bonchev–Trinajstić information content (AvgIpc) is 3.12. The molecule has 3 aromatic rings. The highest BCUT2D eigenvalue weighted by Crippen LogP contribution is 2.40. The normalized spacial score (nSPS) is 18.8. The molecule has 28 heavy (non-hydrogen) atoms. The van der Waals surface area contributed by atoms with Crippen LogP contribution < -0.4 is 4.74 Å². The van der Waals surface area contributed by atoms with E-state index in [0.717, 1.165) is 30.7 Å². The van der Waals surface area contributed by atoms with Crippen LogP contribution in [0, 0.1) is 0 Å². The van der Waals surface area contributed by atoms with Crippen molar-refractivity contribution in [1.29, 1.82) is 0 Å². The molecule has 0 radical (unpaired) electrons. The fraction of sp³-hybridized carbons (Fsp3) is 0.348. The van der Waals surface area contributed by atoms with Crippen LogP contribution in [0.1, 0.15) is 42.7 Å². The largest absolute Gasteiger partial charge is 0.494 e.